The van der Waals surface area contributed by atoms with Gasteiger partial charge in [-0.1, -0.05) is 0 Å². The first-order chi connectivity index (χ1) is 14.2. The molecule has 0 amide bonds. The third-order valence-electron chi connectivity index (χ3n) is 4.20. The average molecular weight is 398 g/mol. The van der Waals surface area contributed by atoms with Crippen LogP contribution in [0, 0.1) is 0 Å². The van der Waals surface area contributed by atoms with Gasteiger partial charge in [-0.25, -0.2) is 4.98 Å². The number of nitrogens with zero attached hydrogens (tertiary/aromatic N) is 4. The van der Waals surface area contributed by atoms with Gasteiger partial charge in [0.1, 0.15) is 18.5 Å². The van der Waals surface area contributed by atoms with Crippen LogP contribution in [0.3, 0.4) is 0 Å². The zero-order valence-corrected chi connectivity index (χ0v) is 17.2. The fourth-order valence-corrected chi connectivity index (χ4v) is 2.87. The molecule has 8 heteroatoms. The molecule has 0 aliphatic carbocycles. The topological polar surface area (TPSA) is 80.5 Å². The van der Waals surface area contributed by atoms with E-state index in [4.69, 9.17) is 18.9 Å². The van der Waals surface area contributed by atoms with Crippen molar-refractivity contribution in [2.75, 3.05) is 27.4 Å². The lowest BCUT2D eigenvalue weighted by Gasteiger charge is -2.14. The van der Waals surface area contributed by atoms with E-state index in [2.05, 4.69) is 15.2 Å². The first-order valence-corrected chi connectivity index (χ1v) is 9.44. The number of rotatable bonds is 10. The summed E-state index contributed by atoms with van der Waals surface area (Å²) in [6.07, 6.45) is 1.70. The van der Waals surface area contributed by atoms with Gasteiger partial charge in [0.2, 0.25) is 5.88 Å². The highest BCUT2D eigenvalue weighted by molar-refractivity contribution is 5.59. The van der Waals surface area contributed by atoms with Crippen LogP contribution in [0.4, 0.5) is 0 Å². The van der Waals surface area contributed by atoms with Crippen molar-refractivity contribution in [2.45, 2.75) is 26.6 Å². The maximum atomic E-state index is 5.83. The van der Waals surface area contributed by atoms with E-state index in [1.54, 1.807) is 26.5 Å². The minimum atomic E-state index is -0.0299. The highest BCUT2D eigenvalue weighted by Crippen LogP contribution is 2.26. The largest absolute Gasteiger partial charge is 0.488 e. The summed E-state index contributed by atoms with van der Waals surface area (Å²) in [4.78, 5) is 4.30. The Hall–Kier alpha value is -2.97. The van der Waals surface area contributed by atoms with Crippen LogP contribution in [0.1, 0.15) is 19.7 Å². The fourth-order valence-electron chi connectivity index (χ4n) is 2.87. The zero-order chi connectivity index (χ0) is 20.6. The molecular weight excluding hydrogens is 372 g/mol. The van der Waals surface area contributed by atoms with Gasteiger partial charge in [-0.3, -0.25) is 4.57 Å². The number of hydrogen-bond donors (Lipinski definition) is 0. The standard InChI is InChI=1S/C21H26N4O4/c1-5-28-14-19-23-24-21(25(19)17-8-11-20(27-4)22-12-17)16-6-9-18(10-7-16)29-15(2)13-26-3/h6-12,15H,5,13-14H2,1-4H3/t15-/m0/s1. The van der Waals surface area contributed by atoms with Crippen molar-refractivity contribution < 1.29 is 18.9 Å². The second-order valence-corrected chi connectivity index (χ2v) is 6.38. The Morgan fingerprint density at radius 1 is 1.03 bits per heavy atom. The number of ether oxygens (including phenoxy) is 4. The van der Waals surface area contributed by atoms with Crippen molar-refractivity contribution in [1.82, 2.24) is 19.7 Å². The predicted molar refractivity (Wildman–Crippen MR) is 108 cm³/mol. The van der Waals surface area contributed by atoms with Crippen LogP contribution in [-0.4, -0.2) is 53.3 Å². The van der Waals surface area contributed by atoms with Crippen molar-refractivity contribution in [3.8, 4) is 28.7 Å². The molecule has 2 aromatic heterocycles. The van der Waals surface area contributed by atoms with E-state index in [9.17, 15) is 0 Å². The van der Waals surface area contributed by atoms with E-state index < -0.39 is 0 Å². The summed E-state index contributed by atoms with van der Waals surface area (Å²) in [5.74, 6) is 2.71. The summed E-state index contributed by atoms with van der Waals surface area (Å²) in [5.41, 5.74) is 1.73. The van der Waals surface area contributed by atoms with Crippen molar-refractivity contribution in [3.05, 3.63) is 48.4 Å². The molecule has 0 radical (unpaired) electrons. The molecule has 29 heavy (non-hydrogen) atoms. The second-order valence-electron chi connectivity index (χ2n) is 6.38. The molecule has 0 aliphatic heterocycles. The molecule has 0 aliphatic rings. The molecule has 154 valence electrons. The lowest BCUT2D eigenvalue weighted by atomic mass is 10.2. The zero-order valence-electron chi connectivity index (χ0n) is 17.2. The van der Waals surface area contributed by atoms with Gasteiger partial charge in [0.05, 0.1) is 25.6 Å². The molecule has 3 rings (SSSR count). The van der Waals surface area contributed by atoms with Crippen LogP contribution in [0.5, 0.6) is 11.6 Å². The molecule has 3 aromatic rings. The van der Waals surface area contributed by atoms with Crippen molar-refractivity contribution in [2.24, 2.45) is 0 Å². The number of benzene rings is 1. The molecule has 0 fully saturated rings. The molecule has 0 saturated carbocycles. The summed E-state index contributed by atoms with van der Waals surface area (Å²) in [6, 6.07) is 11.5. The third-order valence-corrected chi connectivity index (χ3v) is 4.20. The Morgan fingerprint density at radius 2 is 1.83 bits per heavy atom. The maximum Gasteiger partial charge on any atom is 0.213 e. The van der Waals surface area contributed by atoms with Gasteiger partial charge in [-0.05, 0) is 44.2 Å². The van der Waals surface area contributed by atoms with Gasteiger partial charge in [-0.15, -0.1) is 10.2 Å². The molecule has 1 atom stereocenters. The smallest absolute Gasteiger partial charge is 0.213 e. The van der Waals surface area contributed by atoms with Crippen LogP contribution in [0.15, 0.2) is 42.6 Å². The number of methoxy groups -OCH3 is 2. The molecule has 0 saturated heterocycles. The predicted octanol–water partition coefficient (Wildman–Crippen LogP) is 3.29. The SMILES string of the molecule is CCOCc1nnc(-c2ccc(O[C@@H](C)COC)cc2)n1-c1ccc(OC)nc1. The molecule has 0 spiro atoms. The normalized spacial score (nSPS) is 12.0. The monoisotopic (exact) mass is 398 g/mol. The average Bonchev–Trinajstić information content (AvgIpc) is 3.17. The van der Waals surface area contributed by atoms with E-state index in [1.807, 2.05) is 48.7 Å². The van der Waals surface area contributed by atoms with Crippen molar-refractivity contribution in [1.29, 1.82) is 0 Å². The Bertz CT molecular complexity index is 894. The summed E-state index contributed by atoms with van der Waals surface area (Å²) in [6.45, 7) is 5.38. The van der Waals surface area contributed by atoms with Crippen LogP contribution in [0.2, 0.25) is 0 Å². The molecule has 1 aromatic carbocycles. The van der Waals surface area contributed by atoms with E-state index in [1.165, 1.54) is 0 Å². The Morgan fingerprint density at radius 3 is 2.45 bits per heavy atom. The number of pyridine rings is 1. The second kappa shape index (κ2) is 9.99. The summed E-state index contributed by atoms with van der Waals surface area (Å²) >= 11 is 0. The summed E-state index contributed by atoms with van der Waals surface area (Å²) in [5, 5.41) is 8.72. The van der Waals surface area contributed by atoms with Gasteiger partial charge >= 0.3 is 0 Å². The van der Waals surface area contributed by atoms with E-state index in [0.29, 0.717) is 37.3 Å². The fraction of sp³-hybridized carbons (Fsp3) is 0.381. The van der Waals surface area contributed by atoms with Gasteiger partial charge in [-0.2, -0.15) is 0 Å². The van der Waals surface area contributed by atoms with E-state index in [0.717, 1.165) is 17.0 Å². The lowest BCUT2D eigenvalue weighted by Crippen LogP contribution is -2.17. The van der Waals surface area contributed by atoms with Gasteiger partial charge < -0.3 is 18.9 Å². The molecule has 0 N–H and O–H groups in total. The van der Waals surface area contributed by atoms with Crippen LogP contribution >= 0.6 is 0 Å². The highest BCUT2D eigenvalue weighted by Gasteiger charge is 2.16. The Labute approximate surface area is 170 Å². The van der Waals surface area contributed by atoms with Crippen LogP contribution < -0.4 is 9.47 Å². The molecule has 0 bridgehead atoms. The first kappa shape index (κ1) is 20.8. The molecule has 0 unspecified atom stereocenters. The lowest BCUT2D eigenvalue weighted by molar-refractivity contribution is 0.0921. The number of aromatic nitrogens is 4. The van der Waals surface area contributed by atoms with Crippen LogP contribution in [0.25, 0.3) is 17.1 Å². The molecular formula is C21H26N4O4. The number of hydrogen-bond acceptors (Lipinski definition) is 7. The Kier molecular flexibility index (Phi) is 7.15. The minimum Gasteiger partial charge on any atom is -0.488 e. The third kappa shape index (κ3) is 5.10. The quantitative estimate of drug-likeness (QED) is 0.518. The highest BCUT2D eigenvalue weighted by atomic mass is 16.5. The Balaban J connectivity index is 1.92. The van der Waals surface area contributed by atoms with Crippen molar-refractivity contribution in [3.63, 3.8) is 0 Å². The van der Waals surface area contributed by atoms with Gasteiger partial charge in [0.25, 0.3) is 0 Å². The van der Waals surface area contributed by atoms with Gasteiger partial charge in [0.15, 0.2) is 11.6 Å². The molecule has 8 nitrogen and oxygen atoms in total. The van der Waals surface area contributed by atoms with E-state index in [-0.39, 0.29) is 6.10 Å². The minimum absolute atomic E-state index is 0.0299. The maximum absolute atomic E-state index is 5.83. The first-order valence-electron chi connectivity index (χ1n) is 9.44. The van der Waals surface area contributed by atoms with Crippen molar-refractivity contribution >= 4 is 0 Å². The summed E-state index contributed by atoms with van der Waals surface area (Å²) in [7, 11) is 3.24. The summed E-state index contributed by atoms with van der Waals surface area (Å²) < 4.78 is 23.6. The molecule has 2 heterocycles. The van der Waals surface area contributed by atoms with Gasteiger partial charge in [0, 0.05) is 25.3 Å². The van der Waals surface area contributed by atoms with Crippen LogP contribution in [-0.2, 0) is 16.1 Å². The van der Waals surface area contributed by atoms with E-state index >= 15 is 0 Å².